The van der Waals surface area contributed by atoms with E-state index in [0.717, 1.165) is 5.56 Å². The molecule has 3 nitrogen and oxygen atoms in total. The van der Waals surface area contributed by atoms with Crippen LogP contribution in [0.4, 0.5) is 4.39 Å². The Balaban J connectivity index is 2.09. The molecular formula is C13H12FNO2. The Labute approximate surface area is 98.5 Å². The van der Waals surface area contributed by atoms with Crippen molar-refractivity contribution < 1.29 is 14.2 Å². The molecule has 1 aromatic carbocycles. The Morgan fingerprint density at radius 2 is 1.94 bits per heavy atom. The van der Waals surface area contributed by atoms with Crippen molar-refractivity contribution in [2.75, 3.05) is 0 Å². The molecule has 0 saturated heterocycles. The van der Waals surface area contributed by atoms with E-state index >= 15 is 0 Å². The van der Waals surface area contributed by atoms with Crippen molar-refractivity contribution in [3.63, 3.8) is 0 Å². The van der Waals surface area contributed by atoms with E-state index in [1.807, 2.05) is 30.3 Å². The second kappa shape index (κ2) is 5.41. The number of hydrogen-bond acceptors (Lipinski definition) is 3. The fraction of sp³-hybridized carbons (Fsp3) is 0.154. The standard InChI is InChI=1S/C13H12FNO2/c14-12-11(8-16)6-7-15-13(12)17-9-10-4-2-1-3-5-10/h1-7,16H,8-9H2. The van der Waals surface area contributed by atoms with Crippen LogP contribution in [0.15, 0.2) is 42.6 Å². The monoisotopic (exact) mass is 233 g/mol. The van der Waals surface area contributed by atoms with E-state index in [2.05, 4.69) is 4.98 Å². The number of benzene rings is 1. The maximum absolute atomic E-state index is 13.6. The molecular weight excluding hydrogens is 221 g/mol. The van der Waals surface area contributed by atoms with Crippen LogP contribution >= 0.6 is 0 Å². The number of rotatable bonds is 4. The summed E-state index contributed by atoms with van der Waals surface area (Å²) < 4.78 is 18.9. The number of pyridine rings is 1. The highest BCUT2D eigenvalue weighted by Crippen LogP contribution is 2.18. The summed E-state index contributed by atoms with van der Waals surface area (Å²) in [5, 5.41) is 8.90. The van der Waals surface area contributed by atoms with Gasteiger partial charge < -0.3 is 9.84 Å². The molecule has 0 fully saturated rings. The van der Waals surface area contributed by atoms with Gasteiger partial charge >= 0.3 is 0 Å². The maximum Gasteiger partial charge on any atom is 0.251 e. The number of aliphatic hydroxyl groups excluding tert-OH is 1. The summed E-state index contributed by atoms with van der Waals surface area (Å²) in [5.41, 5.74) is 1.12. The van der Waals surface area contributed by atoms with Crippen molar-refractivity contribution in [3.05, 3.63) is 59.5 Å². The summed E-state index contributed by atoms with van der Waals surface area (Å²) in [7, 11) is 0. The lowest BCUT2D eigenvalue weighted by Crippen LogP contribution is -2.01. The van der Waals surface area contributed by atoms with Gasteiger partial charge in [-0.3, -0.25) is 0 Å². The normalized spacial score (nSPS) is 10.2. The van der Waals surface area contributed by atoms with Crippen molar-refractivity contribution >= 4 is 0 Å². The van der Waals surface area contributed by atoms with Crippen LogP contribution in [0.1, 0.15) is 11.1 Å². The highest BCUT2D eigenvalue weighted by Gasteiger charge is 2.09. The van der Waals surface area contributed by atoms with Gasteiger partial charge in [-0.25, -0.2) is 9.37 Å². The largest absolute Gasteiger partial charge is 0.471 e. The molecule has 0 spiro atoms. The first-order chi connectivity index (χ1) is 8.31. The predicted molar refractivity (Wildman–Crippen MR) is 60.9 cm³/mol. The lowest BCUT2D eigenvalue weighted by Gasteiger charge is -2.07. The molecule has 1 aromatic heterocycles. The summed E-state index contributed by atoms with van der Waals surface area (Å²) in [6.07, 6.45) is 1.41. The van der Waals surface area contributed by atoms with Gasteiger partial charge in [0.15, 0.2) is 5.82 Å². The average molecular weight is 233 g/mol. The first kappa shape index (κ1) is 11.5. The molecule has 4 heteroatoms. The molecule has 0 aliphatic carbocycles. The van der Waals surface area contributed by atoms with Gasteiger partial charge in [0.25, 0.3) is 5.88 Å². The van der Waals surface area contributed by atoms with Crippen LogP contribution in [0.25, 0.3) is 0 Å². The number of hydrogen-bond donors (Lipinski definition) is 1. The van der Waals surface area contributed by atoms with Crippen LogP contribution in [0.5, 0.6) is 5.88 Å². The van der Waals surface area contributed by atoms with E-state index in [9.17, 15) is 4.39 Å². The van der Waals surface area contributed by atoms with Crippen LogP contribution in [-0.4, -0.2) is 10.1 Å². The quantitative estimate of drug-likeness (QED) is 0.881. The first-order valence-electron chi connectivity index (χ1n) is 5.22. The topological polar surface area (TPSA) is 42.4 Å². The Kier molecular flexibility index (Phi) is 3.67. The average Bonchev–Trinajstić information content (AvgIpc) is 2.39. The second-order valence-electron chi connectivity index (χ2n) is 3.52. The maximum atomic E-state index is 13.6. The fourth-order valence-corrected chi connectivity index (χ4v) is 1.41. The lowest BCUT2D eigenvalue weighted by atomic mass is 10.2. The third kappa shape index (κ3) is 2.79. The van der Waals surface area contributed by atoms with Crippen LogP contribution in [-0.2, 0) is 13.2 Å². The van der Waals surface area contributed by atoms with E-state index in [0.29, 0.717) is 0 Å². The number of aliphatic hydroxyl groups is 1. The molecule has 17 heavy (non-hydrogen) atoms. The Hall–Kier alpha value is -1.94. The van der Waals surface area contributed by atoms with Gasteiger partial charge in [-0.15, -0.1) is 0 Å². The zero-order valence-electron chi connectivity index (χ0n) is 9.14. The highest BCUT2D eigenvalue weighted by atomic mass is 19.1. The van der Waals surface area contributed by atoms with Crippen LogP contribution < -0.4 is 4.74 Å². The van der Waals surface area contributed by atoms with Crippen molar-refractivity contribution in [2.24, 2.45) is 0 Å². The molecule has 0 saturated carbocycles. The van der Waals surface area contributed by atoms with Crippen molar-refractivity contribution in [1.82, 2.24) is 4.98 Å². The van der Waals surface area contributed by atoms with Gasteiger partial charge in [0.1, 0.15) is 6.61 Å². The van der Waals surface area contributed by atoms with E-state index in [4.69, 9.17) is 9.84 Å². The highest BCUT2D eigenvalue weighted by molar-refractivity contribution is 5.23. The molecule has 0 unspecified atom stereocenters. The van der Waals surface area contributed by atoms with Gasteiger partial charge in [0, 0.05) is 11.8 Å². The zero-order chi connectivity index (χ0) is 12.1. The predicted octanol–water partition coefficient (Wildman–Crippen LogP) is 2.29. The molecule has 0 radical (unpaired) electrons. The van der Waals surface area contributed by atoms with E-state index < -0.39 is 5.82 Å². The Morgan fingerprint density at radius 3 is 2.65 bits per heavy atom. The molecule has 0 bridgehead atoms. The lowest BCUT2D eigenvalue weighted by molar-refractivity contribution is 0.256. The SMILES string of the molecule is OCc1ccnc(OCc2ccccc2)c1F. The minimum Gasteiger partial charge on any atom is -0.471 e. The number of aromatic nitrogens is 1. The molecule has 0 aliphatic heterocycles. The van der Waals surface area contributed by atoms with Crippen molar-refractivity contribution in [2.45, 2.75) is 13.2 Å². The summed E-state index contributed by atoms with van der Waals surface area (Å²) in [6.45, 7) is -0.115. The van der Waals surface area contributed by atoms with Gasteiger partial charge in [-0.05, 0) is 11.6 Å². The van der Waals surface area contributed by atoms with E-state index in [1.54, 1.807) is 0 Å². The third-order valence-corrected chi connectivity index (χ3v) is 2.33. The molecule has 2 rings (SSSR count). The van der Waals surface area contributed by atoms with Crippen LogP contribution in [0.3, 0.4) is 0 Å². The zero-order valence-corrected chi connectivity index (χ0v) is 9.14. The smallest absolute Gasteiger partial charge is 0.251 e. The minimum atomic E-state index is -0.606. The molecule has 88 valence electrons. The van der Waals surface area contributed by atoms with Gasteiger partial charge in [-0.2, -0.15) is 0 Å². The van der Waals surface area contributed by atoms with Crippen LogP contribution in [0, 0.1) is 5.82 Å². The number of ether oxygens (including phenoxy) is 1. The van der Waals surface area contributed by atoms with Gasteiger partial charge in [0.05, 0.1) is 6.61 Å². The van der Waals surface area contributed by atoms with Crippen molar-refractivity contribution in [3.8, 4) is 5.88 Å². The van der Waals surface area contributed by atoms with E-state index in [-0.39, 0.29) is 24.7 Å². The first-order valence-corrected chi connectivity index (χ1v) is 5.22. The molecule has 0 amide bonds. The number of halogens is 1. The second-order valence-corrected chi connectivity index (χ2v) is 3.52. The molecule has 0 atom stereocenters. The molecule has 1 N–H and O–H groups in total. The van der Waals surface area contributed by atoms with Crippen LogP contribution in [0.2, 0.25) is 0 Å². The minimum absolute atomic E-state index is 0.0830. The fourth-order valence-electron chi connectivity index (χ4n) is 1.41. The summed E-state index contributed by atoms with van der Waals surface area (Å²) in [6, 6.07) is 10.8. The van der Waals surface area contributed by atoms with Gasteiger partial charge in [-0.1, -0.05) is 30.3 Å². The molecule has 1 heterocycles. The summed E-state index contributed by atoms with van der Waals surface area (Å²) in [4.78, 5) is 3.79. The van der Waals surface area contributed by atoms with Crippen molar-refractivity contribution in [1.29, 1.82) is 0 Å². The Morgan fingerprint density at radius 1 is 1.18 bits per heavy atom. The summed E-state index contributed by atoms with van der Waals surface area (Å²) in [5.74, 6) is -0.689. The van der Waals surface area contributed by atoms with E-state index in [1.165, 1.54) is 12.3 Å². The van der Waals surface area contributed by atoms with Gasteiger partial charge in [0.2, 0.25) is 0 Å². The molecule has 2 aromatic rings. The Bertz CT molecular complexity index is 488. The number of nitrogens with zero attached hydrogens (tertiary/aromatic N) is 1. The molecule has 0 aliphatic rings. The summed E-state index contributed by atoms with van der Waals surface area (Å²) >= 11 is 0. The third-order valence-electron chi connectivity index (χ3n) is 2.33.